The Labute approximate surface area is 183 Å². The van der Waals surface area contributed by atoms with Gasteiger partial charge in [0.05, 0.1) is 6.21 Å². The van der Waals surface area contributed by atoms with Gasteiger partial charge in [-0.15, -0.1) is 0 Å². The third-order valence-corrected chi connectivity index (χ3v) is 5.29. The number of phenolic OH excluding ortho intramolecular Hbond substituents is 1. The number of phenols is 1. The van der Waals surface area contributed by atoms with Crippen LogP contribution in [-0.4, -0.2) is 26.2 Å². The zero-order chi connectivity index (χ0) is 22.3. The largest absolute Gasteiger partial charge is 0.507 e. The first kappa shape index (κ1) is 22.0. The van der Waals surface area contributed by atoms with E-state index in [2.05, 4.69) is 56.8 Å². The lowest BCUT2D eigenvalue weighted by molar-refractivity contribution is 0.423. The summed E-state index contributed by atoms with van der Waals surface area (Å²) in [5.74, 6) is 1.01. The van der Waals surface area contributed by atoms with Crippen LogP contribution in [0.5, 0.6) is 5.75 Å². The third-order valence-electron chi connectivity index (χ3n) is 5.03. The quantitative estimate of drug-likeness (QED) is 0.396. The fraction of sp³-hybridized carbons (Fsp3) is 0.375. The van der Waals surface area contributed by atoms with Crippen molar-refractivity contribution in [2.75, 3.05) is 0 Å². The number of H-pyrrole nitrogens is 1. The molecule has 158 valence electrons. The smallest absolute Gasteiger partial charge is 0.216 e. The van der Waals surface area contributed by atoms with Gasteiger partial charge in [-0.05, 0) is 47.7 Å². The van der Waals surface area contributed by atoms with Gasteiger partial charge in [0.15, 0.2) is 5.82 Å². The minimum Gasteiger partial charge on any atom is -0.507 e. The maximum absolute atomic E-state index is 10.9. The summed E-state index contributed by atoms with van der Waals surface area (Å²) in [7, 11) is 0. The van der Waals surface area contributed by atoms with Crippen molar-refractivity contribution in [2.24, 2.45) is 5.10 Å². The van der Waals surface area contributed by atoms with E-state index in [0.29, 0.717) is 16.3 Å². The molecule has 0 bridgehead atoms. The van der Waals surface area contributed by atoms with Gasteiger partial charge in [-0.25, -0.2) is 5.10 Å². The molecule has 3 rings (SSSR count). The van der Waals surface area contributed by atoms with E-state index in [1.165, 1.54) is 5.56 Å². The van der Waals surface area contributed by atoms with E-state index in [1.807, 2.05) is 43.3 Å². The lowest BCUT2D eigenvalue weighted by Crippen LogP contribution is -2.18. The van der Waals surface area contributed by atoms with E-state index in [9.17, 15) is 5.11 Å². The summed E-state index contributed by atoms with van der Waals surface area (Å²) in [6, 6.07) is 12.1. The van der Waals surface area contributed by atoms with Gasteiger partial charge in [0.2, 0.25) is 4.77 Å². The Hall–Kier alpha value is -2.73. The molecule has 0 unspecified atom stereocenters. The maximum Gasteiger partial charge on any atom is 0.216 e. The number of nitrogens with one attached hydrogen (secondary N) is 1. The van der Waals surface area contributed by atoms with Crippen molar-refractivity contribution in [1.82, 2.24) is 14.9 Å². The van der Waals surface area contributed by atoms with Crippen molar-refractivity contribution >= 4 is 18.4 Å². The summed E-state index contributed by atoms with van der Waals surface area (Å²) in [5.41, 5.74) is 4.40. The number of hydrogen-bond acceptors (Lipinski definition) is 4. The predicted octanol–water partition coefficient (Wildman–Crippen LogP) is 6.10. The number of rotatable bonds is 3. The van der Waals surface area contributed by atoms with Crippen LogP contribution in [0.2, 0.25) is 0 Å². The number of aromatic nitrogens is 3. The molecule has 30 heavy (non-hydrogen) atoms. The summed E-state index contributed by atoms with van der Waals surface area (Å²) in [5, 5.41) is 22.7. The van der Waals surface area contributed by atoms with E-state index >= 15 is 0 Å². The first-order valence-electron chi connectivity index (χ1n) is 10.0. The topological polar surface area (TPSA) is 66.2 Å². The van der Waals surface area contributed by atoms with Gasteiger partial charge >= 0.3 is 0 Å². The fourth-order valence-corrected chi connectivity index (χ4v) is 3.47. The second-order valence-corrected chi connectivity index (χ2v) is 10.1. The molecule has 0 aliphatic rings. The lowest BCUT2D eigenvalue weighted by Gasteiger charge is -2.27. The standard InChI is InChI=1S/C24H30N4OS/c1-15-8-10-17(11-9-15)21-26-27-22(30)28(21)25-14-16-12-18(23(2,3)4)20(29)19(13-16)24(5,6)7/h8-14,29H,1-7H3,(H,27,30). The first-order valence-corrected chi connectivity index (χ1v) is 10.5. The van der Waals surface area contributed by atoms with Crippen LogP contribution in [0, 0.1) is 11.7 Å². The van der Waals surface area contributed by atoms with E-state index < -0.39 is 0 Å². The average molecular weight is 423 g/mol. The molecule has 0 atom stereocenters. The molecule has 5 nitrogen and oxygen atoms in total. The van der Waals surface area contributed by atoms with Crippen molar-refractivity contribution in [3.63, 3.8) is 0 Å². The molecule has 1 aromatic heterocycles. The second-order valence-electron chi connectivity index (χ2n) is 9.74. The Kier molecular flexibility index (Phi) is 5.74. The van der Waals surface area contributed by atoms with E-state index in [4.69, 9.17) is 12.2 Å². The number of nitrogens with zero attached hydrogens (tertiary/aromatic N) is 3. The molecule has 2 aromatic carbocycles. The van der Waals surface area contributed by atoms with Crippen LogP contribution in [0.3, 0.4) is 0 Å². The minimum atomic E-state index is -0.201. The molecule has 1 heterocycles. The van der Waals surface area contributed by atoms with E-state index in [0.717, 1.165) is 22.3 Å². The van der Waals surface area contributed by atoms with Crippen LogP contribution in [0.25, 0.3) is 11.4 Å². The van der Waals surface area contributed by atoms with Crippen molar-refractivity contribution in [3.8, 4) is 17.1 Å². The molecule has 6 heteroatoms. The summed E-state index contributed by atoms with van der Waals surface area (Å²) >= 11 is 5.40. The van der Waals surface area contributed by atoms with Gasteiger partial charge in [0.25, 0.3) is 0 Å². The summed E-state index contributed by atoms with van der Waals surface area (Å²) in [6.45, 7) is 14.6. The molecule has 0 aliphatic heterocycles. The number of aryl methyl sites for hydroxylation is 1. The molecule has 0 radical (unpaired) electrons. The second kappa shape index (κ2) is 7.84. The van der Waals surface area contributed by atoms with E-state index in [-0.39, 0.29) is 10.8 Å². The Morgan fingerprint density at radius 2 is 1.53 bits per heavy atom. The first-order chi connectivity index (χ1) is 13.9. The Bertz CT molecular complexity index is 1100. The predicted molar refractivity (Wildman–Crippen MR) is 126 cm³/mol. The molecule has 3 aromatic rings. The number of benzene rings is 2. The van der Waals surface area contributed by atoms with Crippen molar-refractivity contribution in [2.45, 2.75) is 59.3 Å². The van der Waals surface area contributed by atoms with Gasteiger partial charge in [-0.1, -0.05) is 71.4 Å². The van der Waals surface area contributed by atoms with Gasteiger partial charge in [0.1, 0.15) is 5.75 Å². The maximum atomic E-state index is 10.9. The zero-order valence-electron chi connectivity index (χ0n) is 18.7. The number of aromatic hydroxyl groups is 1. The van der Waals surface area contributed by atoms with Gasteiger partial charge in [0, 0.05) is 16.7 Å². The molecular weight excluding hydrogens is 392 g/mol. The Morgan fingerprint density at radius 3 is 2.03 bits per heavy atom. The number of aromatic amines is 1. The highest BCUT2D eigenvalue weighted by Gasteiger charge is 2.26. The molecule has 0 amide bonds. The average Bonchev–Trinajstić information content (AvgIpc) is 3.00. The van der Waals surface area contributed by atoms with Gasteiger partial charge in [-0.3, -0.25) is 0 Å². The molecule has 0 aliphatic carbocycles. The normalized spacial score (nSPS) is 12.6. The molecule has 2 N–H and O–H groups in total. The molecular formula is C24H30N4OS. The van der Waals surface area contributed by atoms with E-state index in [1.54, 1.807) is 10.9 Å². The molecule has 0 saturated heterocycles. The fourth-order valence-electron chi connectivity index (χ4n) is 3.29. The molecule has 0 saturated carbocycles. The minimum absolute atomic E-state index is 0.201. The Morgan fingerprint density at radius 1 is 1.00 bits per heavy atom. The monoisotopic (exact) mass is 422 g/mol. The highest BCUT2D eigenvalue weighted by atomic mass is 32.1. The van der Waals surface area contributed by atoms with Crippen molar-refractivity contribution in [1.29, 1.82) is 0 Å². The summed E-state index contributed by atoms with van der Waals surface area (Å²) in [6.07, 6.45) is 1.77. The lowest BCUT2D eigenvalue weighted by atomic mass is 9.78. The van der Waals surface area contributed by atoms with Crippen LogP contribution in [-0.2, 0) is 10.8 Å². The van der Waals surface area contributed by atoms with Gasteiger partial charge < -0.3 is 5.11 Å². The highest BCUT2D eigenvalue weighted by molar-refractivity contribution is 7.71. The van der Waals surface area contributed by atoms with Crippen LogP contribution < -0.4 is 0 Å². The summed E-state index contributed by atoms with van der Waals surface area (Å²) in [4.78, 5) is 0. The van der Waals surface area contributed by atoms with Crippen LogP contribution >= 0.6 is 12.2 Å². The zero-order valence-corrected chi connectivity index (χ0v) is 19.6. The highest BCUT2D eigenvalue weighted by Crippen LogP contribution is 2.39. The third kappa shape index (κ3) is 4.54. The van der Waals surface area contributed by atoms with Crippen molar-refractivity contribution in [3.05, 3.63) is 63.4 Å². The van der Waals surface area contributed by atoms with Crippen molar-refractivity contribution < 1.29 is 5.11 Å². The summed E-state index contributed by atoms with van der Waals surface area (Å²) < 4.78 is 2.05. The van der Waals surface area contributed by atoms with Crippen LogP contribution in [0.15, 0.2) is 41.5 Å². The molecule has 0 spiro atoms. The number of hydrogen-bond donors (Lipinski definition) is 2. The van der Waals surface area contributed by atoms with Gasteiger partial charge in [-0.2, -0.15) is 14.9 Å². The van der Waals surface area contributed by atoms with Crippen LogP contribution in [0.1, 0.15) is 63.8 Å². The Balaban J connectivity index is 2.10. The SMILES string of the molecule is Cc1ccc(-c2n[nH]c(=S)n2N=Cc2cc(C(C)(C)C)c(O)c(C(C)(C)C)c2)cc1. The molecule has 0 fully saturated rings. The van der Waals surface area contributed by atoms with Crippen LogP contribution in [0.4, 0.5) is 0 Å².